The standard InChI is InChI=1S/C20H23N3O3/c1-25-19-4-2-3-17(13-19)14-20(24)22-21-15-16-5-7-18(8-6-16)23-9-11-26-12-10-23/h2-8,13,15H,9-12,14H2,1H3,(H,22,24)/b21-15+. The van der Waals surface area contributed by atoms with Gasteiger partial charge in [0.25, 0.3) is 0 Å². The van der Waals surface area contributed by atoms with E-state index in [1.54, 1.807) is 13.3 Å². The Hall–Kier alpha value is -2.86. The summed E-state index contributed by atoms with van der Waals surface area (Å²) in [7, 11) is 1.60. The lowest BCUT2D eigenvalue weighted by atomic mass is 10.1. The maximum Gasteiger partial charge on any atom is 0.244 e. The molecule has 2 aromatic rings. The van der Waals surface area contributed by atoms with E-state index in [1.165, 1.54) is 5.69 Å². The van der Waals surface area contributed by atoms with E-state index in [1.807, 2.05) is 36.4 Å². The summed E-state index contributed by atoms with van der Waals surface area (Å²) >= 11 is 0. The van der Waals surface area contributed by atoms with Crippen molar-refractivity contribution in [1.29, 1.82) is 0 Å². The third kappa shape index (κ3) is 5.07. The Morgan fingerprint density at radius 3 is 2.73 bits per heavy atom. The molecule has 1 heterocycles. The molecule has 6 heteroatoms. The molecule has 6 nitrogen and oxygen atoms in total. The maximum absolute atomic E-state index is 12.0. The Bertz CT molecular complexity index is 753. The highest BCUT2D eigenvalue weighted by molar-refractivity contribution is 5.83. The molecular formula is C20H23N3O3. The molecule has 0 aromatic heterocycles. The van der Waals surface area contributed by atoms with Gasteiger partial charge < -0.3 is 14.4 Å². The Kier molecular flexibility index (Phi) is 6.22. The third-order valence-electron chi connectivity index (χ3n) is 4.17. The molecular weight excluding hydrogens is 330 g/mol. The summed E-state index contributed by atoms with van der Waals surface area (Å²) in [6.07, 6.45) is 1.90. The summed E-state index contributed by atoms with van der Waals surface area (Å²) in [6.45, 7) is 3.35. The number of methoxy groups -OCH3 is 1. The summed E-state index contributed by atoms with van der Waals surface area (Å²) in [6, 6.07) is 15.5. The second-order valence-electron chi connectivity index (χ2n) is 6.01. The number of benzene rings is 2. The van der Waals surface area contributed by atoms with Crippen LogP contribution in [0.4, 0.5) is 5.69 Å². The summed E-state index contributed by atoms with van der Waals surface area (Å²) < 4.78 is 10.5. The van der Waals surface area contributed by atoms with Gasteiger partial charge in [-0.3, -0.25) is 4.79 Å². The number of rotatable bonds is 6. The van der Waals surface area contributed by atoms with Crippen LogP contribution in [0.5, 0.6) is 5.75 Å². The van der Waals surface area contributed by atoms with Gasteiger partial charge in [0.15, 0.2) is 0 Å². The molecule has 0 aliphatic carbocycles. The Morgan fingerprint density at radius 1 is 1.23 bits per heavy atom. The molecule has 1 N–H and O–H groups in total. The number of anilines is 1. The summed E-state index contributed by atoms with van der Waals surface area (Å²) in [5.41, 5.74) is 5.55. The van der Waals surface area contributed by atoms with Crippen molar-refractivity contribution in [3.63, 3.8) is 0 Å². The minimum absolute atomic E-state index is 0.167. The SMILES string of the molecule is COc1cccc(CC(=O)N/N=C/c2ccc(N3CCOCC3)cc2)c1. The highest BCUT2D eigenvalue weighted by Gasteiger charge is 2.10. The molecule has 1 aliphatic heterocycles. The molecule has 0 spiro atoms. The molecule has 0 saturated carbocycles. The monoisotopic (exact) mass is 353 g/mol. The van der Waals surface area contributed by atoms with E-state index in [4.69, 9.17) is 9.47 Å². The number of carbonyl (C=O) groups excluding carboxylic acids is 1. The molecule has 1 saturated heterocycles. The first-order valence-electron chi connectivity index (χ1n) is 8.62. The van der Waals surface area contributed by atoms with Gasteiger partial charge in [0.1, 0.15) is 5.75 Å². The lowest BCUT2D eigenvalue weighted by molar-refractivity contribution is -0.120. The number of hydrogen-bond acceptors (Lipinski definition) is 5. The minimum atomic E-state index is -0.167. The van der Waals surface area contributed by atoms with E-state index in [9.17, 15) is 4.79 Å². The number of amides is 1. The van der Waals surface area contributed by atoms with Crippen molar-refractivity contribution in [1.82, 2.24) is 5.43 Å². The van der Waals surface area contributed by atoms with Crippen molar-refractivity contribution in [2.24, 2.45) is 5.10 Å². The molecule has 0 radical (unpaired) electrons. The second-order valence-corrected chi connectivity index (χ2v) is 6.01. The quantitative estimate of drug-likeness (QED) is 0.639. The first kappa shape index (κ1) is 17.9. The fourth-order valence-corrected chi connectivity index (χ4v) is 2.78. The average Bonchev–Trinajstić information content (AvgIpc) is 2.69. The van der Waals surface area contributed by atoms with Crippen molar-refractivity contribution in [3.05, 3.63) is 59.7 Å². The Balaban J connectivity index is 1.50. The molecule has 2 aromatic carbocycles. The van der Waals surface area contributed by atoms with Gasteiger partial charge in [0.2, 0.25) is 5.91 Å². The van der Waals surface area contributed by atoms with Crippen LogP contribution in [-0.4, -0.2) is 45.5 Å². The molecule has 1 aliphatic rings. The maximum atomic E-state index is 12.0. The first-order valence-corrected chi connectivity index (χ1v) is 8.62. The lowest BCUT2D eigenvalue weighted by Gasteiger charge is -2.28. The third-order valence-corrected chi connectivity index (χ3v) is 4.17. The summed E-state index contributed by atoms with van der Waals surface area (Å²) in [4.78, 5) is 14.3. The number of morpholine rings is 1. The van der Waals surface area contributed by atoms with Gasteiger partial charge in [-0.05, 0) is 35.4 Å². The average molecular weight is 353 g/mol. The number of carbonyl (C=O) groups is 1. The number of hydrazone groups is 1. The number of ether oxygens (including phenoxy) is 2. The van der Waals surface area contributed by atoms with Crippen LogP contribution in [0, 0.1) is 0 Å². The molecule has 0 unspecified atom stereocenters. The molecule has 26 heavy (non-hydrogen) atoms. The van der Waals surface area contributed by atoms with Crippen molar-refractivity contribution >= 4 is 17.8 Å². The topological polar surface area (TPSA) is 63.2 Å². The highest BCUT2D eigenvalue weighted by atomic mass is 16.5. The predicted octanol–water partition coefficient (Wildman–Crippen LogP) is 2.22. The van der Waals surface area contributed by atoms with Crippen LogP contribution in [-0.2, 0) is 16.0 Å². The number of nitrogens with zero attached hydrogens (tertiary/aromatic N) is 2. The molecule has 0 bridgehead atoms. The van der Waals surface area contributed by atoms with E-state index in [2.05, 4.69) is 27.6 Å². The van der Waals surface area contributed by atoms with Gasteiger partial charge in [-0.25, -0.2) is 5.43 Å². The van der Waals surface area contributed by atoms with Crippen molar-refractivity contribution < 1.29 is 14.3 Å². The molecule has 1 amide bonds. The van der Waals surface area contributed by atoms with Gasteiger partial charge in [-0.2, -0.15) is 5.10 Å². The minimum Gasteiger partial charge on any atom is -0.497 e. The van der Waals surface area contributed by atoms with Crippen molar-refractivity contribution in [2.75, 3.05) is 38.3 Å². The van der Waals surface area contributed by atoms with E-state index in [-0.39, 0.29) is 12.3 Å². The summed E-state index contributed by atoms with van der Waals surface area (Å²) in [5.74, 6) is 0.568. The van der Waals surface area contributed by atoms with Crippen molar-refractivity contribution in [2.45, 2.75) is 6.42 Å². The van der Waals surface area contributed by atoms with Gasteiger partial charge in [0.05, 0.1) is 33.0 Å². The van der Waals surface area contributed by atoms with Crippen LogP contribution >= 0.6 is 0 Å². The Morgan fingerprint density at radius 2 is 2.00 bits per heavy atom. The van der Waals surface area contributed by atoms with Gasteiger partial charge in [-0.15, -0.1) is 0 Å². The van der Waals surface area contributed by atoms with E-state index < -0.39 is 0 Å². The van der Waals surface area contributed by atoms with Gasteiger partial charge in [-0.1, -0.05) is 24.3 Å². The van der Waals surface area contributed by atoms with Crippen LogP contribution in [0.2, 0.25) is 0 Å². The van der Waals surface area contributed by atoms with Gasteiger partial charge >= 0.3 is 0 Å². The number of nitrogens with one attached hydrogen (secondary N) is 1. The first-order chi connectivity index (χ1) is 12.7. The zero-order chi connectivity index (χ0) is 18.2. The van der Waals surface area contributed by atoms with Crippen LogP contribution in [0.15, 0.2) is 53.6 Å². The van der Waals surface area contributed by atoms with Crippen molar-refractivity contribution in [3.8, 4) is 5.75 Å². The summed E-state index contributed by atoms with van der Waals surface area (Å²) in [5, 5.41) is 4.03. The normalized spacial score (nSPS) is 14.4. The smallest absolute Gasteiger partial charge is 0.244 e. The highest BCUT2D eigenvalue weighted by Crippen LogP contribution is 2.16. The lowest BCUT2D eigenvalue weighted by Crippen LogP contribution is -2.36. The number of hydrogen-bond donors (Lipinski definition) is 1. The van der Waals surface area contributed by atoms with Crippen LogP contribution in [0.3, 0.4) is 0 Å². The van der Waals surface area contributed by atoms with Crippen LogP contribution in [0.25, 0.3) is 0 Å². The molecule has 0 atom stereocenters. The predicted molar refractivity (Wildman–Crippen MR) is 102 cm³/mol. The van der Waals surface area contributed by atoms with E-state index >= 15 is 0 Å². The van der Waals surface area contributed by atoms with E-state index in [0.717, 1.165) is 43.2 Å². The largest absolute Gasteiger partial charge is 0.497 e. The fourth-order valence-electron chi connectivity index (χ4n) is 2.78. The van der Waals surface area contributed by atoms with Crippen LogP contribution < -0.4 is 15.1 Å². The fraction of sp³-hybridized carbons (Fsp3) is 0.300. The van der Waals surface area contributed by atoms with E-state index in [0.29, 0.717) is 0 Å². The Labute approximate surface area is 153 Å². The van der Waals surface area contributed by atoms with Crippen LogP contribution in [0.1, 0.15) is 11.1 Å². The molecule has 136 valence electrons. The van der Waals surface area contributed by atoms with Gasteiger partial charge in [0, 0.05) is 18.8 Å². The zero-order valence-electron chi connectivity index (χ0n) is 14.9. The zero-order valence-corrected chi connectivity index (χ0v) is 14.9. The molecule has 3 rings (SSSR count). The second kappa shape index (κ2) is 9.01. The molecule has 1 fully saturated rings.